The van der Waals surface area contributed by atoms with Gasteiger partial charge in [0.15, 0.2) is 0 Å². The van der Waals surface area contributed by atoms with Crippen molar-refractivity contribution < 1.29 is 4.74 Å². The van der Waals surface area contributed by atoms with Gasteiger partial charge in [0.05, 0.1) is 7.11 Å². The molecule has 17 heavy (non-hydrogen) atoms. The fraction of sp³-hybridized carbons (Fsp3) is 0.571. The van der Waals surface area contributed by atoms with E-state index in [0.29, 0.717) is 6.04 Å². The minimum Gasteiger partial charge on any atom is -0.496 e. The van der Waals surface area contributed by atoms with Crippen LogP contribution in [-0.2, 0) is 0 Å². The van der Waals surface area contributed by atoms with Crippen LogP contribution in [0.1, 0.15) is 24.8 Å². The van der Waals surface area contributed by atoms with E-state index in [1.165, 1.54) is 36.3 Å². The zero-order chi connectivity index (χ0) is 12.1. The molecule has 0 radical (unpaired) electrons. The number of nitrogens with one attached hydrogen (secondary N) is 1. The van der Waals surface area contributed by atoms with Crippen molar-refractivity contribution in [2.24, 2.45) is 0 Å². The first-order chi connectivity index (χ1) is 8.29. The second kappa shape index (κ2) is 6.31. The molecule has 0 spiro atoms. The summed E-state index contributed by atoms with van der Waals surface area (Å²) in [7, 11) is 1.74. The molecule has 1 aromatic carbocycles. The van der Waals surface area contributed by atoms with Crippen molar-refractivity contribution in [2.45, 2.75) is 37.1 Å². The highest BCUT2D eigenvalue weighted by atomic mass is 32.2. The van der Waals surface area contributed by atoms with Gasteiger partial charge in [-0.1, -0.05) is 12.5 Å². The standard InChI is InChI=1S/C14H21NOS/c1-11-6-7-13(16-2)14(9-11)17-10-12-5-3-4-8-15-12/h6-7,9,12,15H,3-5,8,10H2,1-2H3. The Morgan fingerprint density at radius 2 is 2.29 bits per heavy atom. The molecule has 0 aliphatic carbocycles. The number of hydrogen-bond donors (Lipinski definition) is 1. The smallest absolute Gasteiger partial charge is 0.132 e. The van der Waals surface area contributed by atoms with Crippen molar-refractivity contribution in [1.29, 1.82) is 0 Å². The van der Waals surface area contributed by atoms with Gasteiger partial charge in [-0.2, -0.15) is 0 Å². The highest BCUT2D eigenvalue weighted by molar-refractivity contribution is 7.99. The molecule has 1 aliphatic rings. The Kier molecular flexibility index (Phi) is 4.75. The molecule has 2 rings (SSSR count). The Bertz CT molecular complexity index is 361. The molecular weight excluding hydrogens is 230 g/mol. The number of piperidine rings is 1. The summed E-state index contributed by atoms with van der Waals surface area (Å²) in [5.74, 6) is 2.14. The highest BCUT2D eigenvalue weighted by Gasteiger charge is 2.13. The third-order valence-corrected chi connectivity index (χ3v) is 4.37. The topological polar surface area (TPSA) is 21.3 Å². The van der Waals surface area contributed by atoms with E-state index in [9.17, 15) is 0 Å². The predicted octanol–water partition coefficient (Wildman–Crippen LogP) is 3.24. The molecule has 3 heteroatoms. The van der Waals surface area contributed by atoms with Crippen LogP contribution in [0.2, 0.25) is 0 Å². The van der Waals surface area contributed by atoms with Gasteiger partial charge in [0, 0.05) is 16.7 Å². The number of ether oxygens (including phenoxy) is 1. The van der Waals surface area contributed by atoms with Gasteiger partial charge in [0.1, 0.15) is 5.75 Å². The van der Waals surface area contributed by atoms with Crippen molar-refractivity contribution >= 4 is 11.8 Å². The summed E-state index contributed by atoms with van der Waals surface area (Å²) >= 11 is 1.90. The maximum Gasteiger partial charge on any atom is 0.132 e. The number of rotatable bonds is 4. The lowest BCUT2D eigenvalue weighted by molar-refractivity contribution is 0.404. The first-order valence-corrected chi connectivity index (χ1v) is 7.29. The molecule has 94 valence electrons. The van der Waals surface area contributed by atoms with Crippen LogP contribution in [0.3, 0.4) is 0 Å². The van der Waals surface area contributed by atoms with Crippen LogP contribution in [0.5, 0.6) is 5.75 Å². The quantitative estimate of drug-likeness (QED) is 0.830. The monoisotopic (exact) mass is 251 g/mol. The second-order valence-corrected chi connectivity index (χ2v) is 5.67. The zero-order valence-corrected chi connectivity index (χ0v) is 11.5. The van der Waals surface area contributed by atoms with Crippen LogP contribution in [0.25, 0.3) is 0 Å². The first-order valence-electron chi connectivity index (χ1n) is 6.30. The predicted molar refractivity (Wildman–Crippen MR) is 74.1 cm³/mol. The summed E-state index contributed by atoms with van der Waals surface area (Å²) < 4.78 is 5.40. The molecule has 0 amide bonds. The van der Waals surface area contributed by atoms with Crippen LogP contribution in [0.4, 0.5) is 0 Å². The maximum atomic E-state index is 5.40. The van der Waals surface area contributed by atoms with Gasteiger partial charge in [-0.3, -0.25) is 0 Å². The summed E-state index contributed by atoms with van der Waals surface area (Å²) in [6.07, 6.45) is 4.00. The van der Waals surface area contributed by atoms with Crippen LogP contribution in [-0.4, -0.2) is 25.4 Å². The fourth-order valence-electron chi connectivity index (χ4n) is 2.15. The second-order valence-electron chi connectivity index (χ2n) is 4.61. The molecule has 1 heterocycles. The molecule has 2 nitrogen and oxygen atoms in total. The lowest BCUT2D eigenvalue weighted by Gasteiger charge is -2.23. The van der Waals surface area contributed by atoms with E-state index in [1.54, 1.807) is 7.11 Å². The van der Waals surface area contributed by atoms with Crippen molar-refractivity contribution in [3.8, 4) is 5.75 Å². The van der Waals surface area contributed by atoms with Crippen LogP contribution < -0.4 is 10.1 Å². The summed E-state index contributed by atoms with van der Waals surface area (Å²) in [4.78, 5) is 1.26. The largest absolute Gasteiger partial charge is 0.496 e. The van der Waals surface area contributed by atoms with E-state index in [4.69, 9.17) is 4.74 Å². The van der Waals surface area contributed by atoms with Gasteiger partial charge in [0.2, 0.25) is 0 Å². The molecule has 0 saturated carbocycles. The molecule has 1 atom stereocenters. The van der Waals surface area contributed by atoms with Crippen molar-refractivity contribution in [1.82, 2.24) is 5.32 Å². The Morgan fingerprint density at radius 3 is 3.00 bits per heavy atom. The third kappa shape index (κ3) is 3.65. The van der Waals surface area contributed by atoms with Gasteiger partial charge in [-0.05, 0) is 44.0 Å². The molecule has 1 N–H and O–H groups in total. The Hall–Kier alpha value is -0.670. The van der Waals surface area contributed by atoms with Crippen molar-refractivity contribution in [3.05, 3.63) is 23.8 Å². The lowest BCUT2D eigenvalue weighted by atomic mass is 10.1. The van der Waals surface area contributed by atoms with Gasteiger partial charge >= 0.3 is 0 Å². The van der Waals surface area contributed by atoms with Crippen LogP contribution in [0.15, 0.2) is 23.1 Å². The van der Waals surface area contributed by atoms with E-state index >= 15 is 0 Å². The first kappa shape index (κ1) is 12.8. The van der Waals surface area contributed by atoms with Gasteiger partial charge in [-0.25, -0.2) is 0 Å². The van der Waals surface area contributed by atoms with Crippen molar-refractivity contribution in [3.63, 3.8) is 0 Å². The van der Waals surface area contributed by atoms with E-state index in [-0.39, 0.29) is 0 Å². The van der Waals surface area contributed by atoms with Gasteiger partial charge < -0.3 is 10.1 Å². The van der Waals surface area contributed by atoms with Gasteiger partial charge in [0.25, 0.3) is 0 Å². The summed E-state index contributed by atoms with van der Waals surface area (Å²) in [6, 6.07) is 7.04. The average molecular weight is 251 g/mol. The number of benzene rings is 1. The Morgan fingerprint density at radius 1 is 1.41 bits per heavy atom. The van der Waals surface area contributed by atoms with E-state index in [0.717, 1.165) is 11.5 Å². The minimum atomic E-state index is 0.666. The average Bonchev–Trinajstić information content (AvgIpc) is 2.38. The molecule has 0 aromatic heterocycles. The zero-order valence-electron chi connectivity index (χ0n) is 10.7. The van der Waals surface area contributed by atoms with Crippen molar-refractivity contribution in [2.75, 3.05) is 19.4 Å². The highest BCUT2D eigenvalue weighted by Crippen LogP contribution is 2.31. The molecule has 1 fully saturated rings. The summed E-state index contributed by atoms with van der Waals surface area (Å²) in [5.41, 5.74) is 1.30. The molecule has 1 saturated heterocycles. The summed E-state index contributed by atoms with van der Waals surface area (Å²) in [6.45, 7) is 3.30. The Labute approximate surface area is 108 Å². The van der Waals surface area contributed by atoms with E-state index in [1.807, 2.05) is 11.8 Å². The fourth-order valence-corrected chi connectivity index (χ4v) is 3.38. The minimum absolute atomic E-state index is 0.666. The lowest BCUT2D eigenvalue weighted by Crippen LogP contribution is -2.35. The van der Waals surface area contributed by atoms with E-state index < -0.39 is 0 Å². The Balaban J connectivity index is 1.95. The molecule has 0 bridgehead atoms. The SMILES string of the molecule is COc1ccc(C)cc1SCC1CCCCN1. The number of thioether (sulfide) groups is 1. The molecular formula is C14H21NOS. The van der Waals surface area contributed by atoms with Crippen LogP contribution >= 0.6 is 11.8 Å². The molecule has 1 aliphatic heterocycles. The van der Waals surface area contributed by atoms with Crippen LogP contribution in [0, 0.1) is 6.92 Å². The normalized spacial score (nSPS) is 20.2. The summed E-state index contributed by atoms with van der Waals surface area (Å²) in [5, 5.41) is 3.58. The maximum absolute atomic E-state index is 5.40. The van der Waals surface area contributed by atoms with Gasteiger partial charge in [-0.15, -0.1) is 11.8 Å². The number of methoxy groups -OCH3 is 1. The number of hydrogen-bond acceptors (Lipinski definition) is 3. The molecule has 1 unspecified atom stereocenters. The third-order valence-electron chi connectivity index (χ3n) is 3.17. The number of aryl methyl sites for hydroxylation is 1. The molecule has 1 aromatic rings. The van der Waals surface area contributed by atoms with E-state index in [2.05, 4.69) is 30.4 Å².